The number of unbranched alkanes of at least 4 members (excludes halogenated alkanes) is 1. The van der Waals surface area contributed by atoms with E-state index in [1.165, 1.54) is 0 Å². The number of allylic oxidation sites excluding steroid dienone is 1. The van der Waals surface area contributed by atoms with Gasteiger partial charge in [0.2, 0.25) is 0 Å². The van der Waals surface area contributed by atoms with E-state index in [2.05, 4.69) is 11.9 Å². The van der Waals surface area contributed by atoms with Crippen LogP contribution in [0.2, 0.25) is 0 Å². The highest BCUT2D eigenvalue weighted by Gasteiger charge is 2.48. The van der Waals surface area contributed by atoms with E-state index < -0.39 is 5.72 Å². The van der Waals surface area contributed by atoms with Gasteiger partial charge in [0.15, 0.2) is 5.72 Å². The third-order valence-corrected chi connectivity index (χ3v) is 5.81. The van der Waals surface area contributed by atoms with Crippen LogP contribution in [0.1, 0.15) is 44.6 Å². The van der Waals surface area contributed by atoms with Gasteiger partial charge >= 0.3 is 0 Å². The Balaban J connectivity index is 1.60. The van der Waals surface area contributed by atoms with Crippen LogP contribution in [0.15, 0.2) is 47.7 Å². The second kappa shape index (κ2) is 6.89. The molecule has 2 aliphatic rings. The van der Waals surface area contributed by atoms with Gasteiger partial charge in [-0.3, -0.25) is 4.79 Å². The summed E-state index contributed by atoms with van der Waals surface area (Å²) in [5.74, 6) is 0.157. The molecule has 4 rings (SSSR count). The number of nitrogens with one attached hydrogen (secondary N) is 1. The van der Waals surface area contributed by atoms with Crippen LogP contribution in [-0.2, 0) is 11.2 Å². The molecule has 1 amide bonds. The van der Waals surface area contributed by atoms with E-state index in [1.54, 1.807) is 17.0 Å². The standard InChI is InChI=1S/C22H26N2O3/c1-2-3-11-22(27)19-7-5-4-6-17(19)21(26)24(22)12-10-15-14-23-20-9-8-16(25)13-18(15)20/h4,6,8-9,13-14,23,25,27H,2-3,5,7,10-12H2,1H3. The summed E-state index contributed by atoms with van der Waals surface area (Å²) in [7, 11) is 0. The van der Waals surface area contributed by atoms with Crippen LogP contribution < -0.4 is 0 Å². The van der Waals surface area contributed by atoms with Gasteiger partial charge in [-0.2, -0.15) is 0 Å². The van der Waals surface area contributed by atoms with Gasteiger partial charge in [-0.1, -0.05) is 25.5 Å². The average molecular weight is 366 g/mol. The number of rotatable bonds is 6. The summed E-state index contributed by atoms with van der Waals surface area (Å²) < 4.78 is 0. The number of fused-ring (bicyclic) bond motifs is 1. The van der Waals surface area contributed by atoms with Crippen LogP contribution in [0.3, 0.4) is 0 Å². The van der Waals surface area contributed by atoms with Crippen molar-refractivity contribution in [3.05, 3.63) is 53.3 Å². The number of carbonyl (C=O) groups excluding carboxylic acids is 1. The number of aromatic hydroxyl groups is 1. The maximum atomic E-state index is 13.0. The van der Waals surface area contributed by atoms with E-state index in [-0.39, 0.29) is 11.7 Å². The molecule has 2 heterocycles. The Kier molecular flexibility index (Phi) is 4.56. The minimum atomic E-state index is -1.17. The first-order valence-electron chi connectivity index (χ1n) is 9.78. The smallest absolute Gasteiger partial charge is 0.256 e. The zero-order chi connectivity index (χ0) is 19.0. The van der Waals surface area contributed by atoms with Crippen molar-refractivity contribution in [3.63, 3.8) is 0 Å². The second-order valence-corrected chi connectivity index (χ2v) is 7.50. The van der Waals surface area contributed by atoms with Gasteiger partial charge in [0.1, 0.15) is 5.75 Å². The Morgan fingerprint density at radius 3 is 3.00 bits per heavy atom. The van der Waals surface area contributed by atoms with E-state index in [4.69, 9.17) is 0 Å². The fraction of sp³-hybridized carbons (Fsp3) is 0.409. The van der Waals surface area contributed by atoms with Crippen molar-refractivity contribution in [2.75, 3.05) is 6.54 Å². The molecule has 1 unspecified atom stereocenters. The molecule has 0 saturated heterocycles. The van der Waals surface area contributed by atoms with E-state index in [9.17, 15) is 15.0 Å². The Labute approximate surface area is 159 Å². The van der Waals surface area contributed by atoms with Gasteiger partial charge < -0.3 is 20.1 Å². The summed E-state index contributed by atoms with van der Waals surface area (Å²) in [4.78, 5) is 17.9. The first-order valence-corrected chi connectivity index (χ1v) is 9.78. The molecule has 2 aromatic rings. The molecule has 1 atom stereocenters. The Morgan fingerprint density at radius 2 is 2.19 bits per heavy atom. The van der Waals surface area contributed by atoms with Crippen molar-refractivity contribution in [3.8, 4) is 5.75 Å². The zero-order valence-corrected chi connectivity index (χ0v) is 15.7. The third kappa shape index (κ3) is 2.96. The zero-order valence-electron chi connectivity index (χ0n) is 15.7. The van der Waals surface area contributed by atoms with Crippen LogP contribution in [0.4, 0.5) is 0 Å². The SMILES string of the molecule is CCCCC1(O)C2=C(C=CCC2)C(=O)N1CCc1c[nH]c2ccc(O)cc12. The first-order chi connectivity index (χ1) is 13.0. The quantitative estimate of drug-likeness (QED) is 0.728. The van der Waals surface area contributed by atoms with Gasteiger partial charge in [0.05, 0.1) is 0 Å². The molecule has 5 heteroatoms. The molecular weight excluding hydrogens is 340 g/mol. The van der Waals surface area contributed by atoms with E-state index >= 15 is 0 Å². The molecule has 3 N–H and O–H groups in total. The molecule has 5 nitrogen and oxygen atoms in total. The van der Waals surface area contributed by atoms with Crippen molar-refractivity contribution in [2.45, 2.75) is 51.2 Å². The van der Waals surface area contributed by atoms with Crippen molar-refractivity contribution < 1.29 is 15.0 Å². The highest BCUT2D eigenvalue weighted by atomic mass is 16.3. The third-order valence-electron chi connectivity index (χ3n) is 5.81. The van der Waals surface area contributed by atoms with Crippen molar-refractivity contribution in [1.29, 1.82) is 0 Å². The predicted octanol–water partition coefficient (Wildman–Crippen LogP) is 3.78. The summed E-state index contributed by atoms with van der Waals surface area (Å²) >= 11 is 0. The van der Waals surface area contributed by atoms with Crippen molar-refractivity contribution in [1.82, 2.24) is 9.88 Å². The highest BCUT2D eigenvalue weighted by molar-refractivity contribution is 6.01. The minimum Gasteiger partial charge on any atom is -0.508 e. The lowest BCUT2D eigenvalue weighted by molar-refractivity contribution is -0.144. The van der Waals surface area contributed by atoms with Gasteiger partial charge in [0, 0.05) is 29.2 Å². The number of phenolic OH excluding ortho intramolecular Hbond substituents is 1. The fourth-order valence-corrected chi connectivity index (χ4v) is 4.36. The van der Waals surface area contributed by atoms with Crippen molar-refractivity contribution >= 4 is 16.8 Å². The van der Waals surface area contributed by atoms with Crippen LogP contribution >= 0.6 is 0 Å². The lowest BCUT2D eigenvalue weighted by atomic mass is 9.89. The topological polar surface area (TPSA) is 76.6 Å². The Bertz CT molecular complexity index is 940. The van der Waals surface area contributed by atoms with Crippen molar-refractivity contribution in [2.24, 2.45) is 0 Å². The van der Waals surface area contributed by atoms with Gasteiger partial charge in [-0.15, -0.1) is 0 Å². The minimum absolute atomic E-state index is 0.0674. The lowest BCUT2D eigenvalue weighted by Gasteiger charge is -2.36. The second-order valence-electron chi connectivity index (χ2n) is 7.50. The van der Waals surface area contributed by atoms with Crippen LogP contribution in [-0.4, -0.2) is 38.3 Å². The van der Waals surface area contributed by atoms with Gasteiger partial charge in [-0.25, -0.2) is 0 Å². The van der Waals surface area contributed by atoms with Crippen LogP contribution in [0, 0.1) is 0 Å². The Morgan fingerprint density at radius 1 is 1.33 bits per heavy atom. The normalized spacial score (nSPS) is 22.1. The number of hydrogen-bond donors (Lipinski definition) is 3. The molecule has 1 aliphatic heterocycles. The largest absolute Gasteiger partial charge is 0.508 e. The number of benzene rings is 1. The van der Waals surface area contributed by atoms with Gasteiger partial charge in [0.25, 0.3) is 5.91 Å². The summed E-state index contributed by atoms with van der Waals surface area (Å²) in [5, 5.41) is 22.2. The number of amides is 1. The molecule has 1 aromatic heterocycles. The van der Waals surface area contributed by atoms with E-state index in [0.29, 0.717) is 25.0 Å². The molecule has 0 bridgehead atoms. The van der Waals surface area contributed by atoms with Crippen LogP contribution in [0.25, 0.3) is 10.9 Å². The fourth-order valence-electron chi connectivity index (χ4n) is 4.36. The number of aromatic nitrogens is 1. The maximum absolute atomic E-state index is 13.0. The van der Waals surface area contributed by atoms with E-state index in [1.807, 2.05) is 24.4 Å². The molecule has 27 heavy (non-hydrogen) atoms. The number of H-pyrrole nitrogens is 1. The number of nitrogens with zero attached hydrogens (tertiary/aromatic N) is 1. The number of hydrogen-bond acceptors (Lipinski definition) is 3. The average Bonchev–Trinajstić information content (AvgIpc) is 3.16. The molecule has 0 radical (unpaired) electrons. The number of carbonyl (C=O) groups is 1. The van der Waals surface area contributed by atoms with Crippen LogP contribution in [0.5, 0.6) is 5.75 Å². The molecule has 0 fully saturated rings. The highest BCUT2D eigenvalue weighted by Crippen LogP contribution is 2.42. The molecular formula is C22H26N2O3. The molecule has 1 aromatic carbocycles. The molecule has 0 saturated carbocycles. The van der Waals surface area contributed by atoms with E-state index in [0.717, 1.165) is 47.7 Å². The maximum Gasteiger partial charge on any atom is 0.256 e. The summed E-state index contributed by atoms with van der Waals surface area (Å²) in [6.45, 7) is 2.54. The number of aliphatic hydroxyl groups is 1. The molecule has 142 valence electrons. The summed E-state index contributed by atoms with van der Waals surface area (Å²) in [5.41, 5.74) is 2.39. The molecule has 0 spiro atoms. The summed E-state index contributed by atoms with van der Waals surface area (Å²) in [6.07, 6.45) is 10.5. The summed E-state index contributed by atoms with van der Waals surface area (Å²) in [6, 6.07) is 5.24. The Hall–Kier alpha value is -2.53. The number of phenols is 1. The predicted molar refractivity (Wildman–Crippen MR) is 105 cm³/mol. The number of aromatic amines is 1. The lowest BCUT2D eigenvalue weighted by Crippen LogP contribution is -2.49. The van der Waals surface area contributed by atoms with Gasteiger partial charge in [-0.05, 0) is 61.4 Å². The molecule has 1 aliphatic carbocycles. The first kappa shape index (κ1) is 17.9. The monoisotopic (exact) mass is 366 g/mol.